The van der Waals surface area contributed by atoms with Crippen molar-refractivity contribution in [2.45, 2.75) is 212 Å². The van der Waals surface area contributed by atoms with Gasteiger partial charge in [-0.3, -0.25) is 14.4 Å². The van der Waals surface area contributed by atoms with E-state index >= 15 is 0 Å². The molecule has 46 heavy (non-hydrogen) atoms. The van der Waals surface area contributed by atoms with Crippen LogP contribution < -0.4 is 0 Å². The molecule has 266 valence electrons. The Morgan fingerprint density at radius 3 is 0.935 bits per heavy atom. The number of hydrogen-bond acceptors (Lipinski definition) is 3. The molecule has 1 aliphatic heterocycles. The molecule has 0 radical (unpaired) electrons. The maximum atomic E-state index is 10.6. The van der Waals surface area contributed by atoms with Crippen LogP contribution in [0.3, 0.4) is 0 Å². The number of rotatable bonds is 36. The van der Waals surface area contributed by atoms with Gasteiger partial charge in [0.15, 0.2) is 0 Å². The van der Waals surface area contributed by atoms with Crippen molar-refractivity contribution in [3.05, 3.63) is 8.85 Å². The molecule has 0 bridgehead atoms. The van der Waals surface area contributed by atoms with Gasteiger partial charge >= 0.3 is 258 Å². The number of unbranched alkanes of at least 4 members (excludes halogenated alkanes) is 24. The van der Waals surface area contributed by atoms with Gasteiger partial charge in [-0.05, 0) is 0 Å². The summed E-state index contributed by atoms with van der Waals surface area (Å²) in [4.78, 5) is 31.8. The zero-order valence-electron chi connectivity index (χ0n) is 29.3. The molecule has 0 spiro atoms. The number of allylic oxidation sites excluding steroid dienone is 2. The van der Waals surface area contributed by atoms with Crippen molar-refractivity contribution < 1.29 is 29.7 Å². The van der Waals surface area contributed by atoms with Gasteiger partial charge in [0.1, 0.15) is 0 Å². The van der Waals surface area contributed by atoms with Gasteiger partial charge < -0.3 is 15.3 Å². The molecule has 1 heterocycles. The molecule has 0 unspecified atom stereocenters. The van der Waals surface area contributed by atoms with Crippen LogP contribution in [-0.4, -0.2) is 59.2 Å². The summed E-state index contributed by atoms with van der Waals surface area (Å²) in [5, 5.41) is 26.2. The molecular formula is C39H69BiO6. The minimum absolute atomic E-state index is 0.318. The first-order valence-electron chi connectivity index (χ1n) is 19.4. The molecule has 0 aromatic rings. The fourth-order valence-corrected chi connectivity index (χ4v) is 12.2. The fourth-order valence-electron chi connectivity index (χ4n) is 6.54. The van der Waals surface area contributed by atoms with Crippen LogP contribution in [0.2, 0.25) is 0 Å². The van der Waals surface area contributed by atoms with Crippen molar-refractivity contribution in [2.24, 2.45) is 0 Å². The summed E-state index contributed by atoms with van der Waals surface area (Å²) in [6.07, 6.45) is 38.1. The molecule has 0 amide bonds. The fraction of sp³-hybridized carbons (Fsp3) is 0.846. The van der Waals surface area contributed by atoms with E-state index in [0.717, 1.165) is 38.5 Å². The SMILES string of the molecule is O=C(O)CCCCCCCCCCC[C]1=[Bi][C](CCCCCCCCCCCC(=O)O)=C1CCCCCCCCCCCC(=O)O. The van der Waals surface area contributed by atoms with Gasteiger partial charge in [0.05, 0.1) is 0 Å². The van der Waals surface area contributed by atoms with Gasteiger partial charge in [0.25, 0.3) is 0 Å². The van der Waals surface area contributed by atoms with Crippen molar-refractivity contribution in [3.63, 3.8) is 0 Å². The van der Waals surface area contributed by atoms with Crippen LogP contribution in [0, 0.1) is 0 Å². The standard InChI is InChI=1S/C39H69O6.Bi/c40-37(41)33-27-21-15-9-3-1-6-12-18-24-30-36(32-26-20-14-8-5-11-17-23-29-35-39(44)45)31-25-19-13-7-2-4-10-16-22-28-34-38(42)43;/h1-29,32-35H2,(H,40,41)(H,42,43)(H,44,45);. The van der Waals surface area contributed by atoms with E-state index in [9.17, 15) is 14.4 Å². The normalized spacial score (nSPS) is 12.7. The molecule has 0 aromatic carbocycles. The van der Waals surface area contributed by atoms with Crippen LogP contribution in [0.4, 0.5) is 0 Å². The van der Waals surface area contributed by atoms with Crippen molar-refractivity contribution >= 4 is 43.9 Å². The predicted molar refractivity (Wildman–Crippen MR) is 193 cm³/mol. The Morgan fingerprint density at radius 1 is 0.348 bits per heavy atom. The molecule has 7 heteroatoms. The van der Waals surface area contributed by atoms with Gasteiger partial charge in [0.2, 0.25) is 0 Å². The van der Waals surface area contributed by atoms with Crippen LogP contribution in [0.15, 0.2) is 8.85 Å². The minimum atomic E-state index is -0.668. The Balaban J connectivity index is 2.22. The second-order valence-corrected chi connectivity index (χ2v) is 18.8. The average Bonchev–Trinajstić information content (AvgIpc) is 3.00. The van der Waals surface area contributed by atoms with Crippen LogP contribution in [-0.2, 0) is 14.4 Å². The summed E-state index contributed by atoms with van der Waals surface area (Å²) in [6.45, 7) is 0. The van der Waals surface area contributed by atoms with Crippen molar-refractivity contribution in [1.82, 2.24) is 0 Å². The second kappa shape index (κ2) is 31.2. The molecule has 0 aromatic heterocycles. The molecule has 0 saturated carbocycles. The quantitative estimate of drug-likeness (QED) is 0.0428. The van der Waals surface area contributed by atoms with E-state index in [4.69, 9.17) is 15.3 Å². The average molecular weight is 843 g/mol. The van der Waals surface area contributed by atoms with Crippen LogP contribution in [0.25, 0.3) is 0 Å². The second-order valence-electron chi connectivity index (χ2n) is 13.7. The van der Waals surface area contributed by atoms with Crippen molar-refractivity contribution in [1.29, 1.82) is 0 Å². The molecule has 0 aliphatic carbocycles. The van der Waals surface area contributed by atoms with Gasteiger partial charge in [-0.25, -0.2) is 0 Å². The minimum Gasteiger partial charge on any atom is -0.481 e. The number of hydrogen-bond donors (Lipinski definition) is 3. The molecule has 3 N–H and O–H groups in total. The molecule has 0 atom stereocenters. The third kappa shape index (κ3) is 26.9. The summed E-state index contributed by atoms with van der Waals surface area (Å²) < 4.78 is 3.88. The molecule has 1 aliphatic rings. The number of carboxylic acid groups (broad SMARTS) is 3. The molecule has 6 nitrogen and oxygen atoms in total. The van der Waals surface area contributed by atoms with E-state index < -0.39 is 40.7 Å². The smallest absolute Gasteiger partial charge is 0.481 e. The Bertz CT molecular complexity index is 865. The zero-order chi connectivity index (χ0) is 33.5. The summed E-state index contributed by atoms with van der Waals surface area (Å²) >= 11 is -0.544. The van der Waals surface area contributed by atoms with E-state index in [1.165, 1.54) is 154 Å². The number of aliphatic carboxylic acids is 3. The summed E-state index contributed by atoms with van der Waals surface area (Å²) in [7, 11) is 0. The Hall–Kier alpha value is -1.10. The monoisotopic (exact) mass is 842 g/mol. The first kappa shape index (κ1) is 42.9. The Kier molecular flexibility index (Phi) is 29.1. The predicted octanol–water partition coefficient (Wildman–Crippen LogP) is 11.3. The first-order valence-corrected chi connectivity index (χ1v) is 22.8. The van der Waals surface area contributed by atoms with Crippen molar-refractivity contribution in [2.75, 3.05) is 0 Å². The third-order valence-electron chi connectivity index (χ3n) is 9.39. The van der Waals surface area contributed by atoms with E-state index in [0.29, 0.717) is 19.3 Å². The van der Waals surface area contributed by atoms with Crippen molar-refractivity contribution in [3.8, 4) is 0 Å². The summed E-state index contributed by atoms with van der Waals surface area (Å²) in [5.74, 6) is -2.00. The van der Waals surface area contributed by atoms with Gasteiger partial charge in [-0.15, -0.1) is 0 Å². The number of carbonyl (C=O) groups is 3. The van der Waals surface area contributed by atoms with Gasteiger partial charge in [-0.1, -0.05) is 0 Å². The zero-order valence-corrected chi connectivity index (χ0v) is 32.8. The van der Waals surface area contributed by atoms with Crippen LogP contribution in [0.5, 0.6) is 0 Å². The topological polar surface area (TPSA) is 112 Å². The molecular weight excluding hydrogens is 773 g/mol. The molecule has 0 saturated heterocycles. The molecule has 0 fully saturated rings. The first-order chi connectivity index (χ1) is 22.4. The maximum absolute atomic E-state index is 10.6. The summed E-state index contributed by atoms with van der Waals surface area (Å²) in [5.41, 5.74) is 1.83. The molecule has 1 rings (SSSR count). The van der Waals surface area contributed by atoms with Crippen LogP contribution in [0.1, 0.15) is 212 Å². The third-order valence-corrected chi connectivity index (χ3v) is 15.3. The van der Waals surface area contributed by atoms with E-state index in [1.807, 2.05) is 12.1 Å². The number of carboxylic acids is 3. The Morgan fingerprint density at radius 2 is 0.609 bits per heavy atom. The summed E-state index contributed by atoms with van der Waals surface area (Å²) in [6, 6.07) is 0. The van der Waals surface area contributed by atoms with Crippen LogP contribution >= 0.6 is 0 Å². The van der Waals surface area contributed by atoms with E-state index in [1.54, 1.807) is 0 Å². The van der Waals surface area contributed by atoms with E-state index in [2.05, 4.69) is 0 Å². The van der Waals surface area contributed by atoms with E-state index in [-0.39, 0.29) is 0 Å². The Labute approximate surface area is 293 Å². The van der Waals surface area contributed by atoms with Gasteiger partial charge in [0, 0.05) is 6.42 Å². The van der Waals surface area contributed by atoms with Gasteiger partial charge in [-0.2, -0.15) is 0 Å².